The van der Waals surface area contributed by atoms with Crippen LogP contribution in [0.1, 0.15) is 62.6 Å². The molecule has 0 amide bonds. The number of ether oxygens (including phenoxy) is 1. The minimum Gasteiger partial charge on any atom is -0.508 e. The minimum absolute atomic E-state index is 0.0156. The molecule has 2 aliphatic rings. The van der Waals surface area contributed by atoms with E-state index in [1.807, 2.05) is 13.8 Å². The first-order chi connectivity index (χ1) is 12.3. The molecule has 0 saturated heterocycles. The molecule has 3 N–H and O–H groups in total. The second kappa shape index (κ2) is 6.62. The van der Waals surface area contributed by atoms with Gasteiger partial charge in [0.2, 0.25) is 0 Å². The highest BCUT2D eigenvalue weighted by atomic mass is 16.5. The number of allylic oxidation sites excluding steroid dienone is 1. The van der Waals surface area contributed by atoms with Crippen LogP contribution in [0.4, 0.5) is 0 Å². The van der Waals surface area contributed by atoms with Gasteiger partial charge in [-0.3, -0.25) is 0 Å². The number of methoxy groups -OCH3 is 1. The number of rotatable bonds is 4. The van der Waals surface area contributed by atoms with Crippen LogP contribution in [-0.4, -0.2) is 35.0 Å². The molecule has 3 rings (SSSR count). The Labute approximate surface area is 154 Å². The molecule has 0 bridgehead atoms. The van der Waals surface area contributed by atoms with Gasteiger partial charge >= 0.3 is 5.97 Å². The maximum Gasteiger partial charge on any atom is 0.331 e. The number of aromatic hydroxyl groups is 1. The van der Waals surface area contributed by atoms with Gasteiger partial charge in [0.1, 0.15) is 11.5 Å². The number of aliphatic hydroxyl groups excluding tert-OH is 1. The van der Waals surface area contributed by atoms with Gasteiger partial charge in [-0.15, -0.1) is 0 Å². The maximum atomic E-state index is 11.6. The van der Waals surface area contributed by atoms with Crippen molar-refractivity contribution in [2.24, 2.45) is 5.92 Å². The van der Waals surface area contributed by atoms with Crippen LogP contribution in [0.2, 0.25) is 0 Å². The fourth-order valence-electron chi connectivity index (χ4n) is 5.15. The molecular weight excluding hydrogens is 332 g/mol. The highest BCUT2D eigenvalue weighted by Crippen LogP contribution is 2.56. The molecule has 0 heterocycles. The van der Waals surface area contributed by atoms with Crippen molar-refractivity contribution < 1.29 is 24.9 Å². The summed E-state index contributed by atoms with van der Waals surface area (Å²) in [4.78, 5) is 11.6. The summed E-state index contributed by atoms with van der Waals surface area (Å²) in [6.45, 7) is 5.95. The molecule has 0 radical (unpaired) electrons. The fraction of sp³-hybridized carbons (Fsp3) is 0.571. The lowest BCUT2D eigenvalue weighted by atomic mass is 9.56. The van der Waals surface area contributed by atoms with Gasteiger partial charge in [0.15, 0.2) is 0 Å². The number of aliphatic hydroxyl groups is 1. The van der Waals surface area contributed by atoms with Gasteiger partial charge in [0, 0.05) is 40.2 Å². The largest absolute Gasteiger partial charge is 0.508 e. The van der Waals surface area contributed by atoms with Crippen LogP contribution in [-0.2, 0) is 16.6 Å². The molecule has 26 heavy (non-hydrogen) atoms. The van der Waals surface area contributed by atoms with Crippen molar-refractivity contribution >= 4 is 5.97 Å². The van der Waals surface area contributed by atoms with Crippen molar-refractivity contribution in [1.29, 1.82) is 0 Å². The monoisotopic (exact) mass is 360 g/mol. The third-order valence-corrected chi connectivity index (χ3v) is 6.57. The summed E-state index contributed by atoms with van der Waals surface area (Å²) in [7, 11) is 1.63. The number of hydrogen-bond acceptors (Lipinski definition) is 4. The average Bonchev–Trinajstić information content (AvgIpc) is 2.59. The first-order valence-electron chi connectivity index (χ1n) is 9.23. The number of phenols is 1. The number of hydrogen-bond donors (Lipinski definition) is 3. The Kier molecular flexibility index (Phi) is 4.78. The highest BCUT2D eigenvalue weighted by molar-refractivity contribution is 5.88. The summed E-state index contributed by atoms with van der Waals surface area (Å²) in [5, 5.41) is 29.9. The predicted molar refractivity (Wildman–Crippen MR) is 98.9 cm³/mol. The molecule has 5 nitrogen and oxygen atoms in total. The summed E-state index contributed by atoms with van der Waals surface area (Å²) < 4.78 is 5.70. The van der Waals surface area contributed by atoms with Crippen LogP contribution in [0.25, 0.3) is 0 Å². The van der Waals surface area contributed by atoms with Crippen molar-refractivity contribution in [3.8, 4) is 11.5 Å². The highest BCUT2D eigenvalue weighted by Gasteiger charge is 2.47. The van der Waals surface area contributed by atoms with Gasteiger partial charge < -0.3 is 20.1 Å². The Morgan fingerprint density at radius 1 is 1.42 bits per heavy atom. The lowest BCUT2D eigenvalue weighted by Gasteiger charge is -2.48. The van der Waals surface area contributed by atoms with Gasteiger partial charge in [-0.2, -0.15) is 0 Å². The standard InChI is InChI=1S/C21H28O5/c1-11(10-22)15-9-17(23)18-14(19(15)26-4)5-6-16-12(2)13(20(24)25)7-8-21(16,18)3/h9,11,16,22-23H,5-8,10H2,1-4H3,(H,24,25). The Hall–Kier alpha value is -2.01. The fourth-order valence-corrected chi connectivity index (χ4v) is 5.15. The van der Waals surface area contributed by atoms with Crippen LogP contribution >= 0.6 is 0 Å². The second-order valence-corrected chi connectivity index (χ2v) is 7.93. The number of carbonyl (C=O) groups is 1. The normalized spacial score (nSPS) is 26.1. The van der Waals surface area contributed by atoms with E-state index in [1.54, 1.807) is 13.2 Å². The Bertz CT molecular complexity index is 779. The molecule has 0 aromatic heterocycles. The third kappa shape index (κ3) is 2.60. The van der Waals surface area contributed by atoms with Gasteiger partial charge in [0.05, 0.1) is 7.11 Å². The van der Waals surface area contributed by atoms with Crippen molar-refractivity contribution in [2.75, 3.05) is 13.7 Å². The van der Waals surface area contributed by atoms with Gasteiger partial charge in [-0.25, -0.2) is 4.79 Å². The number of phenolic OH excluding ortho intramolecular Hbond substituents is 1. The molecule has 1 aromatic rings. The van der Waals surface area contributed by atoms with Gasteiger partial charge in [0.25, 0.3) is 0 Å². The minimum atomic E-state index is -0.829. The molecule has 2 aliphatic carbocycles. The Morgan fingerprint density at radius 2 is 2.12 bits per heavy atom. The SMILES string of the molecule is COc1c(C(C)CO)cc(O)c2c1CCC1C(C)=C(C(=O)O)CCC21C. The molecule has 142 valence electrons. The summed E-state index contributed by atoms with van der Waals surface area (Å²) in [5.74, 6) is 0.133. The smallest absolute Gasteiger partial charge is 0.331 e. The molecule has 0 aliphatic heterocycles. The average molecular weight is 360 g/mol. The first-order valence-corrected chi connectivity index (χ1v) is 9.23. The number of benzene rings is 1. The molecule has 1 aromatic carbocycles. The van der Waals surface area contributed by atoms with E-state index in [2.05, 4.69) is 6.92 Å². The molecular formula is C21H28O5. The quantitative estimate of drug-likeness (QED) is 0.765. The second-order valence-electron chi connectivity index (χ2n) is 7.93. The van der Waals surface area contributed by atoms with E-state index >= 15 is 0 Å². The van der Waals surface area contributed by atoms with Crippen LogP contribution in [0.3, 0.4) is 0 Å². The van der Waals surface area contributed by atoms with E-state index in [0.29, 0.717) is 18.4 Å². The summed E-state index contributed by atoms with van der Waals surface area (Å²) in [6.07, 6.45) is 2.75. The third-order valence-electron chi connectivity index (χ3n) is 6.57. The van der Waals surface area contributed by atoms with Crippen molar-refractivity contribution in [3.63, 3.8) is 0 Å². The van der Waals surface area contributed by atoms with E-state index in [-0.39, 0.29) is 29.6 Å². The van der Waals surface area contributed by atoms with E-state index in [1.165, 1.54) is 0 Å². The van der Waals surface area contributed by atoms with Gasteiger partial charge in [-0.05, 0) is 44.6 Å². The van der Waals surface area contributed by atoms with E-state index < -0.39 is 5.97 Å². The van der Waals surface area contributed by atoms with E-state index in [0.717, 1.165) is 40.9 Å². The molecule has 0 fully saturated rings. The van der Waals surface area contributed by atoms with Crippen LogP contribution in [0, 0.1) is 5.92 Å². The molecule has 3 atom stereocenters. The zero-order chi connectivity index (χ0) is 19.2. The summed E-state index contributed by atoms with van der Waals surface area (Å²) in [5.41, 5.74) is 3.87. The maximum absolute atomic E-state index is 11.6. The first kappa shape index (κ1) is 18.8. The number of aliphatic carboxylic acids is 1. The van der Waals surface area contributed by atoms with Crippen LogP contribution in [0.5, 0.6) is 11.5 Å². The van der Waals surface area contributed by atoms with Crippen molar-refractivity contribution in [1.82, 2.24) is 0 Å². The Morgan fingerprint density at radius 3 is 2.69 bits per heavy atom. The van der Waals surface area contributed by atoms with Crippen LogP contribution < -0.4 is 4.74 Å². The summed E-state index contributed by atoms with van der Waals surface area (Å²) in [6, 6.07) is 1.72. The lowest BCUT2D eigenvalue weighted by Crippen LogP contribution is -2.41. The number of fused-ring (bicyclic) bond motifs is 3. The lowest BCUT2D eigenvalue weighted by molar-refractivity contribution is -0.133. The zero-order valence-electron chi connectivity index (χ0n) is 15.9. The van der Waals surface area contributed by atoms with E-state index in [4.69, 9.17) is 4.74 Å². The zero-order valence-corrected chi connectivity index (χ0v) is 15.9. The summed E-state index contributed by atoms with van der Waals surface area (Å²) >= 11 is 0. The molecule has 0 saturated carbocycles. The Balaban J connectivity index is 2.20. The topological polar surface area (TPSA) is 87.0 Å². The predicted octanol–water partition coefficient (Wildman–Crippen LogP) is 3.51. The molecule has 0 spiro atoms. The van der Waals surface area contributed by atoms with Crippen molar-refractivity contribution in [3.05, 3.63) is 33.9 Å². The van der Waals surface area contributed by atoms with Crippen molar-refractivity contribution in [2.45, 2.75) is 57.8 Å². The van der Waals surface area contributed by atoms with E-state index in [9.17, 15) is 20.1 Å². The molecule has 3 unspecified atom stereocenters. The van der Waals surface area contributed by atoms with Gasteiger partial charge in [-0.1, -0.05) is 19.4 Å². The number of carboxylic acid groups (broad SMARTS) is 1. The van der Waals surface area contributed by atoms with Crippen LogP contribution in [0.15, 0.2) is 17.2 Å². The number of carboxylic acids is 1. The molecule has 5 heteroatoms.